The van der Waals surface area contributed by atoms with Crippen LogP contribution in [0.25, 0.3) is 0 Å². The second kappa shape index (κ2) is 2.79. The van der Waals surface area contributed by atoms with E-state index in [0.29, 0.717) is 19.5 Å². The second-order valence-electron chi connectivity index (χ2n) is 4.47. The predicted octanol–water partition coefficient (Wildman–Crippen LogP) is 2.18. The fourth-order valence-electron chi connectivity index (χ4n) is 2.98. The van der Waals surface area contributed by atoms with Crippen LogP contribution in [0.4, 0.5) is 8.78 Å². The van der Waals surface area contributed by atoms with Crippen molar-refractivity contribution in [2.24, 2.45) is 5.92 Å². The maximum Gasteiger partial charge on any atom is 0.263 e. The van der Waals surface area contributed by atoms with Gasteiger partial charge in [0.05, 0.1) is 11.3 Å². The minimum atomic E-state index is -2.52. The van der Waals surface area contributed by atoms with Crippen molar-refractivity contribution in [2.75, 3.05) is 13.1 Å². The van der Waals surface area contributed by atoms with Gasteiger partial charge < -0.3 is 5.32 Å². The smallest absolute Gasteiger partial charge is 0.263 e. The van der Waals surface area contributed by atoms with E-state index in [1.165, 1.54) is 0 Å². The summed E-state index contributed by atoms with van der Waals surface area (Å²) in [4.78, 5) is 0. The molecule has 1 aromatic rings. The van der Waals surface area contributed by atoms with Crippen molar-refractivity contribution in [3.05, 3.63) is 35.9 Å². The molecule has 1 saturated carbocycles. The number of fused-ring (bicyclic) bond motifs is 1. The molecule has 3 heteroatoms. The van der Waals surface area contributed by atoms with Gasteiger partial charge in [-0.25, -0.2) is 8.78 Å². The molecular formula is C12H13F2N. The minimum Gasteiger partial charge on any atom is -0.316 e. The Balaban J connectivity index is 2.04. The normalized spacial score (nSPS) is 37.1. The molecule has 1 saturated heterocycles. The number of alkyl halides is 2. The van der Waals surface area contributed by atoms with Gasteiger partial charge in [-0.3, -0.25) is 0 Å². The summed E-state index contributed by atoms with van der Waals surface area (Å²) in [5.41, 5.74) is -0.0547. The van der Waals surface area contributed by atoms with Crippen molar-refractivity contribution in [2.45, 2.75) is 17.8 Å². The first-order chi connectivity index (χ1) is 7.19. The van der Waals surface area contributed by atoms with Gasteiger partial charge in [0.1, 0.15) is 0 Å². The number of benzene rings is 1. The highest BCUT2D eigenvalue weighted by molar-refractivity contribution is 5.42. The third kappa shape index (κ3) is 0.991. The number of piperidine rings is 1. The first-order valence-corrected chi connectivity index (χ1v) is 5.33. The molecule has 1 nitrogen and oxygen atoms in total. The van der Waals surface area contributed by atoms with Crippen LogP contribution in [-0.4, -0.2) is 19.0 Å². The highest BCUT2D eigenvalue weighted by Crippen LogP contribution is 2.69. The average Bonchev–Trinajstić information content (AvgIpc) is 2.80. The zero-order valence-corrected chi connectivity index (χ0v) is 8.34. The van der Waals surface area contributed by atoms with Gasteiger partial charge in [0.15, 0.2) is 0 Å². The van der Waals surface area contributed by atoms with Crippen LogP contribution < -0.4 is 5.32 Å². The van der Waals surface area contributed by atoms with E-state index < -0.39 is 17.3 Å². The molecule has 1 aliphatic carbocycles. The molecule has 80 valence electrons. The molecule has 2 aliphatic rings. The summed E-state index contributed by atoms with van der Waals surface area (Å²) >= 11 is 0. The van der Waals surface area contributed by atoms with E-state index in [-0.39, 0.29) is 0 Å². The molecule has 1 N–H and O–H groups in total. The van der Waals surface area contributed by atoms with E-state index in [2.05, 4.69) is 5.32 Å². The monoisotopic (exact) mass is 209 g/mol. The third-order valence-corrected chi connectivity index (χ3v) is 3.88. The summed E-state index contributed by atoms with van der Waals surface area (Å²) < 4.78 is 27.6. The van der Waals surface area contributed by atoms with E-state index in [1.54, 1.807) is 0 Å². The highest BCUT2D eigenvalue weighted by atomic mass is 19.3. The predicted molar refractivity (Wildman–Crippen MR) is 54.0 cm³/mol. The van der Waals surface area contributed by atoms with Gasteiger partial charge in [0, 0.05) is 6.54 Å². The molecule has 0 bridgehead atoms. The molecule has 2 fully saturated rings. The number of rotatable bonds is 1. The Hall–Kier alpha value is -0.960. The van der Waals surface area contributed by atoms with E-state index in [1.807, 2.05) is 30.3 Å². The summed E-state index contributed by atoms with van der Waals surface area (Å²) in [6.07, 6.45) is 0.550. The lowest BCUT2D eigenvalue weighted by atomic mass is 9.87. The first kappa shape index (κ1) is 9.28. The van der Waals surface area contributed by atoms with Crippen molar-refractivity contribution in [3.63, 3.8) is 0 Å². The van der Waals surface area contributed by atoms with E-state index in [0.717, 1.165) is 5.56 Å². The molecule has 0 aromatic heterocycles. The van der Waals surface area contributed by atoms with E-state index in [4.69, 9.17) is 0 Å². The lowest BCUT2D eigenvalue weighted by Crippen LogP contribution is -2.31. The number of nitrogens with one attached hydrogen (secondary N) is 1. The fourth-order valence-corrected chi connectivity index (χ4v) is 2.98. The Labute approximate surface area is 87.5 Å². The first-order valence-electron chi connectivity index (χ1n) is 5.33. The van der Waals surface area contributed by atoms with Crippen LogP contribution >= 0.6 is 0 Å². The fraction of sp³-hybridized carbons (Fsp3) is 0.500. The molecule has 0 amide bonds. The van der Waals surface area contributed by atoms with Crippen molar-refractivity contribution in [1.29, 1.82) is 0 Å². The standard InChI is InChI=1S/C12H13F2N/c13-12(14)10-8-15-7-6-11(10,12)9-4-2-1-3-5-9/h1-5,10,15H,6-8H2/t10-,11-/m1/s1. The zero-order chi connectivity index (χ0) is 10.5. The summed E-state index contributed by atoms with van der Waals surface area (Å²) in [5, 5.41) is 3.05. The Morgan fingerprint density at radius 3 is 2.60 bits per heavy atom. The summed E-state index contributed by atoms with van der Waals surface area (Å²) in [6.45, 7) is 1.14. The van der Waals surface area contributed by atoms with Gasteiger partial charge in [-0.05, 0) is 18.5 Å². The molecule has 0 spiro atoms. The van der Waals surface area contributed by atoms with Gasteiger partial charge in [0.25, 0.3) is 5.92 Å². The van der Waals surface area contributed by atoms with Crippen LogP contribution in [0.5, 0.6) is 0 Å². The molecule has 1 aromatic carbocycles. The van der Waals surface area contributed by atoms with Crippen LogP contribution in [0.2, 0.25) is 0 Å². The van der Waals surface area contributed by atoms with Gasteiger partial charge in [-0.1, -0.05) is 30.3 Å². The third-order valence-electron chi connectivity index (χ3n) is 3.88. The minimum absolute atomic E-state index is 0.446. The molecule has 0 unspecified atom stereocenters. The van der Waals surface area contributed by atoms with Crippen LogP contribution in [0.1, 0.15) is 12.0 Å². The summed E-state index contributed by atoms with van der Waals surface area (Å²) in [6, 6.07) is 9.23. The zero-order valence-electron chi connectivity index (χ0n) is 8.34. The number of halogens is 2. The van der Waals surface area contributed by atoms with E-state index in [9.17, 15) is 8.78 Å². The molecule has 1 heterocycles. The Kier molecular flexibility index (Phi) is 1.72. The van der Waals surface area contributed by atoms with Gasteiger partial charge in [0.2, 0.25) is 0 Å². The molecular weight excluding hydrogens is 196 g/mol. The number of hydrogen-bond acceptors (Lipinski definition) is 1. The van der Waals surface area contributed by atoms with Crippen LogP contribution in [0, 0.1) is 5.92 Å². The Morgan fingerprint density at radius 1 is 1.20 bits per heavy atom. The topological polar surface area (TPSA) is 12.0 Å². The molecule has 3 rings (SSSR count). The lowest BCUT2D eigenvalue weighted by molar-refractivity contribution is 0.0781. The molecule has 15 heavy (non-hydrogen) atoms. The second-order valence-corrected chi connectivity index (χ2v) is 4.47. The Bertz CT molecular complexity index is 376. The lowest BCUT2D eigenvalue weighted by Gasteiger charge is -2.21. The van der Waals surface area contributed by atoms with Crippen molar-refractivity contribution in [3.8, 4) is 0 Å². The molecule has 0 radical (unpaired) electrons. The van der Waals surface area contributed by atoms with Gasteiger partial charge in [-0.2, -0.15) is 0 Å². The van der Waals surface area contributed by atoms with Gasteiger partial charge in [-0.15, -0.1) is 0 Å². The van der Waals surface area contributed by atoms with Crippen LogP contribution in [0.3, 0.4) is 0 Å². The molecule has 2 atom stereocenters. The van der Waals surface area contributed by atoms with Crippen molar-refractivity contribution >= 4 is 0 Å². The summed E-state index contributed by atoms with van der Waals surface area (Å²) in [7, 11) is 0. The number of hydrogen-bond donors (Lipinski definition) is 1. The maximum atomic E-state index is 13.8. The average molecular weight is 209 g/mol. The summed E-state index contributed by atoms with van der Waals surface area (Å²) in [5.74, 6) is -3.01. The van der Waals surface area contributed by atoms with Crippen LogP contribution in [-0.2, 0) is 5.41 Å². The largest absolute Gasteiger partial charge is 0.316 e. The van der Waals surface area contributed by atoms with Crippen molar-refractivity contribution < 1.29 is 8.78 Å². The molecule has 1 aliphatic heterocycles. The van der Waals surface area contributed by atoms with Crippen LogP contribution in [0.15, 0.2) is 30.3 Å². The van der Waals surface area contributed by atoms with Gasteiger partial charge >= 0.3 is 0 Å². The Morgan fingerprint density at radius 2 is 1.93 bits per heavy atom. The maximum absolute atomic E-state index is 13.8. The van der Waals surface area contributed by atoms with E-state index >= 15 is 0 Å². The highest BCUT2D eigenvalue weighted by Gasteiger charge is 2.80. The quantitative estimate of drug-likeness (QED) is 0.747. The SMILES string of the molecule is FC1(F)[C@@H]2CNCC[C@@]21c1ccccc1. The van der Waals surface area contributed by atoms with Crippen molar-refractivity contribution in [1.82, 2.24) is 5.32 Å².